The monoisotopic (exact) mass is 231 g/mol. The molecule has 1 saturated carbocycles. The van der Waals surface area contributed by atoms with Crippen LogP contribution in [-0.4, -0.2) is 16.7 Å². The van der Waals surface area contributed by atoms with Crippen molar-refractivity contribution in [2.45, 2.75) is 31.6 Å². The number of carbonyl (C=O) groups excluding carboxylic acids is 1. The molecule has 2 rings (SSSR count). The SMILES string of the molecule is O=C(c1cscn1)C1CCCC(F)(F)C1. The lowest BCUT2D eigenvalue weighted by Crippen LogP contribution is -2.30. The van der Waals surface area contributed by atoms with Crippen LogP contribution >= 0.6 is 11.3 Å². The maximum Gasteiger partial charge on any atom is 0.248 e. The van der Waals surface area contributed by atoms with Crippen molar-refractivity contribution in [3.63, 3.8) is 0 Å². The van der Waals surface area contributed by atoms with E-state index in [1.54, 1.807) is 10.9 Å². The molecule has 0 aromatic carbocycles. The van der Waals surface area contributed by atoms with Gasteiger partial charge in [0.05, 0.1) is 5.51 Å². The van der Waals surface area contributed by atoms with Crippen molar-refractivity contribution in [3.8, 4) is 0 Å². The van der Waals surface area contributed by atoms with E-state index >= 15 is 0 Å². The molecule has 82 valence electrons. The third kappa shape index (κ3) is 2.40. The Morgan fingerprint density at radius 3 is 3.00 bits per heavy atom. The smallest absolute Gasteiger partial charge is 0.248 e. The fourth-order valence-corrected chi connectivity index (χ4v) is 2.48. The second-order valence-electron chi connectivity index (χ2n) is 3.89. The zero-order chi connectivity index (χ0) is 10.9. The lowest BCUT2D eigenvalue weighted by molar-refractivity contribution is -0.0478. The standard InChI is InChI=1S/C10H11F2NOS/c11-10(12)3-1-2-7(4-10)9(14)8-5-15-6-13-8/h5-7H,1-4H2. The Kier molecular flexibility index (Phi) is 2.82. The molecule has 1 unspecified atom stereocenters. The molecule has 0 aliphatic heterocycles. The minimum Gasteiger partial charge on any atom is -0.292 e. The van der Waals surface area contributed by atoms with E-state index in [2.05, 4.69) is 4.98 Å². The Balaban J connectivity index is 2.08. The first-order valence-electron chi connectivity index (χ1n) is 4.89. The lowest BCUT2D eigenvalue weighted by Gasteiger charge is -2.27. The molecular formula is C10H11F2NOS. The average Bonchev–Trinajstić information content (AvgIpc) is 2.67. The van der Waals surface area contributed by atoms with Crippen LogP contribution in [0.1, 0.15) is 36.2 Å². The van der Waals surface area contributed by atoms with Gasteiger partial charge in [-0.05, 0) is 12.8 Å². The Hall–Kier alpha value is -0.840. The number of hydrogen-bond donors (Lipinski definition) is 0. The highest BCUT2D eigenvalue weighted by Crippen LogP contribution is 2.37. The van der Waals surface area contributed by atoms with Gasteiger partial charge in [0, 0.05) is 24.1 Å². The summed E-state index contributed by atoms with van der Waals surface area (Å²) >= 11 is 1.31. The van der Waals surface area contributed by atoms with Gasteiger partial charge in [-0.1, -0.05) is 0 Å². The van der Waals surface area contributed by atoms with Gasteiger partial charge in [-0.25, -0.2) is 13.8 Å². The van der Waals surface area contributed by atoms with Gasteiger partial charge in [0.2, 0.25) is 5.92 Å². The second kappa shape index (κ2) is 3.96. The van der Waals surface area contributed by atoms with Gasteiger partial charge < -0.3 is 0 Å². The first kappa shape index (κ1) is 10.7. The number of carbonyl (C=O) groups is 1. The highest BCUT2D eigenvalue weighted by molar-refractivity contribution is 7.07. The van der Waals surface area contributed by atoms with Gasteiger partial charge in [0.25, 0.3) is 0 Å². The van der Waals surface area contributed by atoms with Gasteiger partial charge in [-0.15, -0.1) is 11.3 Å². The van der Waals surface area contributed by atoms with Gasteiger partial charge in [-0.3, -0.25) is 4.79 Å². The Labute approximate surface area is 90.3 Å². The Morgan fingerprint density at radius 2 is 2.40 bits per heavy atom. The highest BCUT2D eigenvalue weighted by Gasteiger charge is 2.39. The third-order valence-electron chi connectivity index (χ3n) is 2.70. The van der Waals surface area contributed by atoms with Crippen LogP contribution in [0.2, 0.25) is 0 Å². The minimum atomic E-state index is -2.67. The molecule has 0 spiro atoms. The van der Waals surface area contributed by atoms with E-state index in [1.165, 1.54) is 11.3 Å². The molecule has 0 radical (unpaired) electrons. The van der Waals surface area contributed by atoms with E-state index in [0.29, 0.717) is 18.5 Å². The van der Waals surface area contributed by atoms with Crippen LogP contribution in [0.4, 0.5) is 8.78 Å². The molecule has 1 aliphatic rings. The number of nitrogens with zero attached hydrogens (tertiary/aromatic N) is 1. The fourth-order valence-electron chi connectivity index (χ4n) is 1.94. The molecule has 1 aromatic rings. The molecule has 15 heavy (non-hydrogen) atoms. The predicted molar refractivity (Wildman–Crippen MR) is 53.3 cm³/mol. The molecular weight excluding hydrogens is 220 g/mol. The van der Waals surface area contributed by atoms with Gasteiger partial charge in [-0.2, -0.15) is 0 Å². The summed E-state index contributed by atoms with van der Waals surface area (Å²) in [7, 11) is 0. The van der Waals surface area contributed by atoms with Crippen molar-refractivity contribution in [1.82, 2.24) is 4.98 Å². The number of aromatic nitrogens is 1. The van der Waals surface area contributed by atoms with Crippen LogP contribution in [0.5, 0.6) is 0 Å². The summed E-state index contributed by atoms with van der Waals surface area (Å²) in [6, 6.07) is 0. The molecule has 1 aliphatic carbocycles. The average molecular weight is 231 g/mol. The van der Waals surface area contributed by atoms with Crippen LogP contribution in [0.3, 0.4) is 0 Å². The van der Waals surface area contributed by atoms with E-state index in [1.807, 2.05) is 0 Å². The summed E-state index contributed by atoms with van der Waals surface area (Å²) in [6.07, 6.45) is 0.580. The molecule has 1 atom stereocenters. The van der Waals surface area contributed by atoms with E-state index in [4.69, 9.17) is 0 Å². The lowest BCUT2D eigenvalue weighted by atomic mass is 9.83. The van der Waals surface area contributed by atoms with Crippen molar-refractivity contribution >= 4 is 17.1 Å². The molecule has 1 aromatic heterocycles. The summed E-state index contributed by atoms with van der Waals surface area (Å²) < 4.78 is 26.2. The number of rotatable bonds is 2. The minimum absolute atomic E-state index is 0.0894. The van der Waals surface area contributed by atoms with Crippen molar-refractivity contribution < 1.29 is 13.6 Å². The number of alkyl halides is 2. The quantitative estimate of drug-likeness (QED) is 0.732. The van der Waals surface area contributed by atoms with Gasteiger partial charge >= 0.3 is 0 Å². The van der Waals surface area contributed by atoms with E-state index < -0.39 is 11.8 Å². The van der Waals surface area contributed by atoms with E-state index in [9.17, 15) is 13.6 Å². The van der Waals surface area contributed by atoms with E-state index in [-0.39, 0.29) is 18.6 Å². The molecule has 5 heteroatoms. The predicted octanol–water partition coefficient (Wildman–Crippen LogP) is 3.15. The second-order valence-corrected chi connectivity index (χ2v) is 4.61. The number of hydrogen-bond acceptors (Lipinski definition) is 3. The van der Waals surface area contributed by atoms with Crippen molar-refractivity contribution in [3.05, 3.63) is 16.6 Å². The van der Waals surface area contributed by atoms with E-state index in [0.717, 1.165) is 0 Å². The molecule has 0 saturated heterocycles. The summed E-state index contributed by atoms with van der Waals surface area (Å²) in [5, 5.41) is 1.62. The molecule has 1 heterocycles. The Morgan fingerprint density at radius 1 is 1.60 bits per heavy atom. The molecule has 1 fully saturated rings. The van der Waals surface area contributed by atoms with Crippen molar-refractivity contribution in [1.29, 1.82) is 0 Å². The number of Topliss-reactive ketones (excluding diaryl/α,β-unsaturated/α-hetero) is 1. The first-order chi connectivity index (χ1) is 7.08. The van der Waals surface area contributed by atoms with Crippen LogP contribution < -0.4 is 0 Å². The molecule has 2 nitrogen and oxygen atoms in total. The van der Waals surface area contributed by atoms with Crippen molar-refractivity contribution in [2.24, 2.45) is 5.92 Å². The number of halogens is 2. The zero-order valence-electron chi connectivity index (χ0n) is 8.08. The topological polar surface area (TPSA) is 30.0 Å². The maximum absolute atomic E-state index is 13.1. The van der Waals surface area contributed by atoms with Gasteiger partial charge in [0.1, 0.15) is 5.69 Å². The highest BCUT2D eigenvalue weighted by atomic mass is 32.1. The summed E-state index contributed by atoms with van der Waals surface area (Å²) in [5.41, 5.74) is 1.89. The Bertz CT molecular complexity index is 350. The van der Waals surface area contributed by atoms with Crippen molar-refractivity contribution in [2.75, 3.05) is 0 Å². The normalized spacial score (nSPS) is 25.1. The molecule has 0 bridgehead atoms. The van der Waals surface area contributed by atoms with Crippen LogP contribution in [0, 0.1) is 5.92 Å². The summed E-state index contributed by atoms with van der Waals surface area (Å²) in [5.74, 6) is -3.44. The largest absolute Gasteiger partial charge is 0.292 e. The molecule has 0 amide bonds. The van der Waals surface area contributed by atoms with Crippen LogP contribution in [-0.2, 0) is 0 Å². The summed E-state index contributed by atoms with van der Waals surface area (Å²) in [6.45, 7) is 0. The first-order valence-corrected chi connectivity index (χ1v) is 5.83. The van der Waals surface area contributed by atoms with Gasteiger partial charge in [0.15, 0.2) is 5.78 Å². The zero-order valence-corrected chi connectivity index (χ0v) is 8.90. The third-order valence-corrected chi connectivity index (χ3v) is 3.28. The van der Waals surface area contributed by atoms with Crippen LogP contribution in [0.25, 0.3) is 0 Å². The summed E-state index contributed by atoms with van der Waals surface area (Å²) in [4.78, 5) is 15.6. The number of ketones is 1. The maximum atomic E-state index is 13.1. The fraction of sp³-hybridized carbons (Fsp3) is 0.600. The molecule has 0 N–H and O–H groups in total. The van der Waals surface area contributed by atoms with Crippen LogP contribution in [0.15, 0.2) is 10.9 Å². The number of thiazole rings is 1.